The van der Waals surface area contributed by atoms with Crippen LogP contribution in [0.2, 0.25) is 0 Å². The molecule has 1 aliphatic rings. The Hall–Kier alpha value is -1.62. The Kier molecular flexibility index (Phi) is 3.99. The van der Waals surface area contributed by atoms with E-state index in [0.29, 0.717) is 11.3 Å². The largest absolute Gasteiger partial charge is 0.459 e. The lowest BCUT2D eigenvalue weighted by Crippen LogP contribution is -2.24. The van der Waals surface area contributed by atoms with Crippen molar-refractivity contribution in [1.29, 1.82) is 0 Å². The molecule has 0 spiro atoms. The summed E-state index contributed by atoms with van der Waals surface area (Å²) < 4.78 is 24.7. The van der Waals surface area contributed by atoms with Gasteiger partial charge >= 0.3 is 5.97 Å². The molecule has 1 heterocycles. The third-order valence-electron chi connectivity index (χ3n) is 3.45. The first-order valence-electron chi connectivity index (χ1n) is 6.69. The zero-order chi connectivity index (χ0) is 14.9. The van der Waals surface area contributed by atoms with E-state index in [-0.39, 0.29) is 23.9 Å². The van der Waals surface area contributed by atoms with E-state index in [1.54, 1.807) is 6.92 Å². The van der Waals surface area contributed by atoms with E-state index in [0.717, 1.165) is 12.8 Å². The summed E-state index contributed by atoms with van der Waals surface area (Å²) in [5, 5.41) is 0. The van der Waals surface area contributed by atoms with Gasteiger partial charge in [0, 0.05) is 5.69 Å². The molecular weight excluding hydrogens is 261 g/mol. The van der Waals surface area contributed by atoms with Crippen LogP contribution in [0.25, 0.3) is 0 Å². The van der Waals surface area contributed by atoms with E-state index in [9.17, 15) is 9.18 Å². The van der Waals surface area contributed by atoms with Crippen LogP contribution < -0.4 is 5.73 Å². The lowest BCUT2D eigenvalue weighted by Gasteiger charge is -2.19. The molecule has 110 valence electrons. The van der Waals surface area contributed by atoms with Gasteiger partial charge in [0.25, 0.3) is 0 Å². The highest BCUT2D eigenvalue weighted by Gasteiger charge is 2.32. The Bertz CT molecular complexity index is 528. The molecule has 0 saturated carbocycles. The van der Waals surface area contributed by atoms with Gasteiger partial charge in [-0.05, 0) is 51.3 Å². The highest BCUT2D eigenvalue weighted by Crippen LogP contribution is 2.29. The molecule has 2 rings (SSSR count). The number of hydrogen-bond donors (Lipinski definition) is 1. The molecule has 0 aliphatic carbocycles. The van der Waals surface area contributed by atoms with Gasteiger partial charge < -0.3 is 15.2 Å². The predicted octanol–water partition coefficient (Wildman–Crippen LogP) is 2.83. The second-order valence-corrected chi connectivity index (χ2v) is 5.84. The number of carbonyl (C=O) groups excluding carboxylic acids is 1. The number of hydrogen-bond acceptors (Lipinski definition) is 4. The summed E-state index contributed by atoms with van der Waals surface area (Å²) in [6.07, 6.45) is 1.62. The fourth-order valence-corrected chi connectivity index (χ4v) is 2.39. The average Bonchev–Trinajstić information content (AvgIpc) is 2.70. The lowest BCUT2D eigenvalue weighted by atomic mass is 10.1. The van der Waals surface area contributed by atoms with Gasteiger partial charge in [0.05, 0.1) is 17.3 Å². The summed E-state index contributed by atoms with van der Waals surface area (Å²) in [5.74, 6) is -1.29. The highest BCUT2D eigenvalue weighted by molar-refractivity contribution is 5.91. The van der Waals surface area contributed by atoms with Gasteiger partial charge in [0.1, 0.15) is 12.4 Å². The van der Waals surface area contributed by atoms with Crippen LogP contribution >= 0.6 is 0 Å². The van der Waals surface area contributed by atoms with E-state index in [1.807, 2.05) is 13.8 Å². The zero-order valence-electron chi connectivity index (χ0n) is 12.0. The zero-order valence-corrected chi connectivity index (χ0v) is 12.0. The number of rotatable bonds is 3. The average molecular weight is 281 g/mol. The van der Waals surface area contributed by atoms with Crippen molar-refractivity contribution in [3.63, 3.8) is 0 Å². The smallest absolute Gasteiger partial charge is 0.341 e. The second-order valence-electron chi connectivity index (χ2n) is 5.84. The molecular formula is C15H20FNO3. The molecule has 0 aromatic heterocycles. The fourth-order valence-electron chi connectivity index (χ4n) is 2.39. The van der Waals surface area contributed by atoms with E-state index in [4.69, 9.17) is 15.2 Å². The minimum atomic E-state index is -0.703. The normalized spacial score (nSPS) is 20.9. The molecule has 1 atom stereocenters. The maximum absolute atomic E-state index is 13.9. The van der Waals surface area contributed by atoms with Crippen molar-refractivity contribution in [2.45, 2.75) is 45.3 Å². The van der Waals surface area contributed by atoms with Crippen LogP contribution in [0.3, 0.4) is 0 Å². The van der Waals surface area contributed by atoms with Crippen LogP contribution in [0.5, 0.6) is 0 Å². The van der Waals surface area contributed by atoms with Crippen molar-refractivity contribution in [3.8, 4) is 0 Å². The molecule has 20 heavy (non-hydrogen) atoms. The van der Waals surface area contributed by atoms with Crippen molar-refractivity contribution in [2.24, 2.45) is 0 Å². The van der Waals surface area contributed by atoms with Crippen molar-refractivity contribution in [2.75, 3.05) is 12.3 Å². The molecule has 0 bridgehead atoms. The number of nitrogen functional groups attached to an aromatic ring is 1. The minimum absolute atomic E-state index is 0.125. The number of carbonyl (C=O) groups is 1. The second kappa shape index (κ2) is 5.40. The van der Waals surface area contributed by atoms with Crippen LogP contribution in [0.15, 0.2) is 12.1 Å². The van der Waals surface area contributed by atoms with Gasteiger partial charge in [-0.1, -0.05) is 0 Å². The predicted molar refractivity (Wildman–Crippen MR) is 74.0 cm³/mol. The molecule has 2 N–H and O–H groups in total. The molecule has 1 aromatic rings. The number of benzene rings is 1. The van der Waals surface area contributed by atoms with Crippen LogP contribution in [-0.2, 0) is 9.47 Å². The summed E-state index contributed by atoms with van der Waals surface area (Å²) in [4.78, 5) is 11.9. The van der Waals surface area contributed by atoms with Gasteiger partial charge in [-0.3, -0.25) is 0 Å². The van der Waals surface area contributed by atoms with Gasteiger partial charge in [-0.25, -0.2) is 9.18 Å². The van der Waals surface area contributed by atoms with Crippen molar-refractivity contribution in [3.05, 3.63) is 29.1 Å². The Balaban J connectivity index is 1.99. The van der Waals surface area contributed by atoms with Gasteiger partial charge in [-0.2, -0.15) is 0 Å². The molecule has 0 radical (unpaired) electrons. The summed E-state index contributed by atoms with van der Waals surface area (Å²) in [7, 11) is 0. The quantitative estimate of drug-likeness (QED) is 0.683. The number of esters is 1. The molecule has 1 aliphatic heterocycles. The number of nitrogens with two attached hydrogens (primary N) is 1. The first kappa shape index (κ1) is 14.8. The highest BCUT2D eigenvalue weighted by atomic mass is 19.1. The number of ether oxygens (including phenoxy) is 2. The molecule has 1 unspecified atom stereocenters. The summed E-state index contributed by atoms with van der Waals surface area (Å²) in [6, 6.07) is 2.78. The molecule has 5 heteroatoms. The van der Waals surface area contributed by atoms with E-state index in [2.05, 4.69) is 0 Å². The topological polar surface area (TPSA) is 61.6 Å². The van der Waals surface area contributed by atoms with Crippen molar-refractivity contribution in [1.82, 2.24) is 0 Å². The minimum Gasteiger partial charge on any atom is -0.459 e. The van der Waals surface area contributed by atoms with Crippen LogP contribution in [-0.4, -0.2) is 24.3 Å². The Labute approximate surface area is 118 Å². The maximum atomic E-state index is 13.9. The molecule has 4 nitrogen and oxygen atoms in total. The van der Waals surface area contributed by atoms with Crippen LogP contribution in [0.1, 0.15) is 42.6 Å². The molecule has 0 amide bonds. The van der Waals surface area contributed by atoms with Crippen molar-refractivity contribution >= 4 is 11.7 Å². The van der Waals surface area contributed by atoms with Gasteiger partial charge in [0.15, 0.2) is 0 Å². The first-order valence-corrected chi connectivity index (χ1v) is 6.69. The number of anilines is 1. The number of aryl methyl sites for hydroxylation is 1. The van der Waals surface area contributed by atoms with Crippen LogP contribution in [0.4, 0.5) is 10.1 Å². The molecule has 1 fully saturated rings. The van der Waals surface area contributed by atoms with E-state index in [1.165, 1.54) is 12.1 Å². The third kappa shape index (κ3) is 3.28. The summed E-state index contributed by atoms with van der Waals surface area (Å²) in [6.45, 7) is 5.69. The Morgan fingerprint density at radius 1 is 1.55 bits per heavy atom. The SMILES string of the molecule is Cc1cc(N)cc(C(=O)OCC2CCC(C)(C)O2)c1F. The third-order valence-corrected chi connectivity index (χ3v) is 3.45. The maximum Gasteiger partial charge on any atom is 0.341 e. The standard InChI is InChI=1S/C15H20FNO3/c1-9-6-10(17)7-12(13(9)16)14(18)19-8-11-4-5-15(2,3)20-11/h6-7,11H,4-5,8,17H2,1-3H3. The lowest BCUT2D eigenvalue weighted by molar-refractivity contribution is -0.0446. The van der Waals surface area contributed by atoms with E-state index >= 15 is 0 Å². The summed E-state index contributed by atoms with van der Waals surface area (Å²) >= 11 is 0. The Morgan fingerprint density at radius 2 is 2.25 bits per heavy atom. The van der Waals surface area contributed by atoms with E-state index < -0.39 is 11.8 Å². The fraction of sp³-hybridized carbons (Fsp3) is 0.533. The Morgan fingerprint density at radius 3 is 2.85 bits per heavy atom. The summed E-state index contributed by atoms with van der Waals surface area (Å²) in [5.41, 5.74) is 5.98. The first-order chi connectivity index (χ1) is 9.28. The van der Waals surface area contributed by atoms with Crippen molar-refractivity contribution < 1.29 is 18.7 Å². The molecule has 1 aromatic carbocycles. The van der Waals surface area contributed by atoms with Gasteiger partial charge in [0.2, 0.25) is 0 Å². The monoisotopic (exact) mass is 281 g/mol. The van der Waals surface area contributed by atoms with Gasteiger partial charge in [-0.15, -0.1) is 0 Å². The number of halogens is 1. The van der Waals surface area contributed by atoms with Crippen LogP contribution in [0, 0.1) is 12.7 Å². The molecule has 1 saturated heterocycles.